The van der Waals surface area contributed by atoms with E-state index in [-0.39, 0.29) is 11.9 Å². The summed E-state index contributed by atoms with van der Waals surface area (Å²) >= 11 is 2.00. The van der Waals surface area contributed by atoms with Crippen molar-refractivity contribution >= 4 is 30.0 Å². The fourth-order valence-electron chi connectivity index (χ4n) is 3.90. The molecule has 0 unspecified atom stereocenters. The van der Waals surface area contributed by atoms with Crippen LogP contribution in [-0.4, -0.2) is 61.3 Å². The van der Waals surface area contributed by atoms with Crippen LogP contribution >= 0.6 is 11.8 Å². The Labute approximate surface area is 183 Å². The zero-order valence-corrected chi connectivity index (χ0v) is 18.6. The third-order valence-corrected chi connectivity index (χ3v) is 6.87. The minimum absolute atomic E-state index is 0.0973. The molecule has 1 aromatic carbocycles. The molecule has 164 valence electrons. The van der Waals surface area contributed by atoms with Crippen molar-refractivity contribution in [3.8, 4) is 0 Å². The van der Waals surface area contributed by atoms with Crippen molar-refractivity contribution in [2.45, 2.75) is 45.1 Å². The van der Waals surface area contributed by atoms with Gasteiger partial charge in [0.2, 0.25) is 0 Å². The fourth-order valence-corrected chi connectivity index (χ4v) is 4.91. The molecule has 0 aromatic heterocycles. The molecule has 1 aromatic rings. The topological polar surface area (TPSA) is 46.3 Å². The summed E-state index contributed by atoms with van der Waals surface area (Å²) in [4.78, 5) is 20.2. The van der Waals surface area contributed by atoms with Gasteiger partial charge in [0.15, 0.2) is 12.0 Å². The molecule has 0 radical (unpaired) electrons. The van der Waals surface area contributed by atoms with E-state index in [1.54, 1.807) is 23.2 Å². The van der Waals surface area contributed by atoms with Gasteiger partial charge in [-0.2, -0.15) is 0 Å². The highest BCUT2D eigenvalue weighted by Crippen LogP contribution is 2.24. The second-order valence-corrected chi connectivity index (χ2v) is 9.02. The first-order chi connectivity index (χ1) is 14.7. The van der Waals surface area contributed by atoms with Crippen LogP contribution in [0, 0.1) is 5.82 Å². The first-order valence-electron chi connectivity index (χ1n) is 11.0. The number of piperazine rings is 1. The van der Waals surface area contributed by atoms with Gasteiger partial charge < -0.3 is 14.5 Å². The first-order valence-corrected chi connectivity index (χ1v) is 12.2. The van der Waals surface area contributed by atoms with Gasteiger partial charge in [-0.15, -0.1) is 11.8 Å². The van der Waals surface area contributed by atoms with E-state index in [4.69, 9.17) is 4.74 Å². The molecule has 0 spiro atoms. The quantitative estimate of drug-likeness (QED) is 0.202. The number of nitrogens with zero attached hydrogens (tertiary/aromatic N) is 2. The van der Waals surface area contributed by atoms with Crippen LogP contribution in [0.5, 0.6) is 0 Å². The maximum atomic E-state index is 13.5. The van der Waals surface area contributed by atoms with E-state index >= 15 is 0 Å². The Bertz CT molecular complexity index is 742. The summed E-state index contributed by atoms with van der Waals surface area (Å²) in [6.07, 6.45) is 8.03. The molecule has 1 aliphatic heterocycles. The number of ether oxygens (including phenoxy) is 1. The highest BCUT2D eigenvalue weighted by atomic mass is 32.2. The van der Waals surface area contributed by atoms with E-state index in [9.17, 15) is 9.18 Å². The van der Waals surface area contributed by atoms with Crippen LogP contribution < -0.4 is 4.90 Å². The first kappa shape index (κ1) is 22.8. The lowest BCUT2D eigenvalue weighted by atomic mass is 10.2. The average Bonchev–Trinajstić information content (AvgIpc) is 3.27. The van der Waals surface area contributed by atoms with E-state index in [1.165, 1.54) is 24.3 Å². The van der Waals surface area contributed by atoms with Crippen LogP contribution in [0.2, 0.25) is 0 Å². The molecule has 0 atom stereocenters. The lowest BCUT2D eigenvalue weighted by Gasteiger charge is -2.34. The molecule has 1 aliphatic carbocycles. The van der Waals surface area contributed by atoms with Crippen LogP contribution in [0.4, 0.5) is 10.1 Å². The van der Waals surface area contributed by atoms with Crippen molar-refractivity contribution < 1.29 is 18.8 Å². The number of quaternary nitrogens is 1. The number of allylic oxidation sites excluding steroid dienone is 2. The molecule has 1 heterocycles. The zero-order chi connectivity index (χ0) is 21.2. The van der Waals surface area contributed by atoms with Gasteiger partial charge in [0, 0.05) is 0 Å². The van der Waals surface area contributed by atoms with Crippen LogP contribution in [0.1, 0.15) is 39.0 Å². The number of benzene rings is 1. The van der Waals surface area contributed by atoms with Crippen LogP contribution in [0.3, 0.4) is 0 Å². The summed E-state index contributed by atoms with van der Waals surface area (Å²) in [5, 5.41) is 0. The maximum absolute atomic E-state index is 13.5. The standard InChI is InChI=1S/C23H32FN3O2S/c1-2-14-30-18-26-10-12-27(13-11-26)22(16-25-20-7-5-6-19(24)15-20)23(17-28)29-21-8-3-4-9-21/h5-7,15-17,21H,2-4,8-14,18H2,1H3/p+1. The van der Waals surface area contributed by atoms with Crippen molar-refractivity contribution in [2.24, 2.45) is 4.99 Å². The maximum Gasteiger partial charge on any atom is 0.186 e. The summed E-state index contributed by atoms with van der Waals surface area (Å²) in [5.41, 5.74) is 1.24. The fraction of sp³-hybridized carbons (Fsp3) is 0.565. The largest absolute Gasteiger partial charge is 0.485 e. The normalized spacial score (nSPS) is 19.3. The molecular formula is C23H33FN3O2S+. The molecule has 5 nitrogen and oxygen atoms in total. The third-order valence-electron chi connectivity index (χ3n) is 5.57. The molecule has 0 bridgehead atoms. The van der Waals surface area contributed by atoms with E-state index < -0.39 is 0 Å². The number of thioether (sulfide) groups is 1. The Kier molecular flexibility index (Phi) is 9.21. The van der Waals surface area contributed by atoms with Gasteiger partial charge in [-0.3, -0.25) is 9.79 Å². The third kappa shape index (κ3) is 6.84. The molecule has 3 rings (SSSR count). The summed E-state index contributed by atoms with van der Waals surface area (Å²) in [5.74, 6) is 2.35. The Morgan fingerprint density at radius 1 is 1.33 bits per heavy atom. The van der Waals surface area contributed by atoms with Gasteiger partial charge in [0.05, 0.1) is 44.2 Å². The summed E-state index contributed by atoms with van der Waals surface area (Å²) in [6, 6.07) is 6.17. The second kappa shape index (κ2) is 12.1. The molecular weight excluding hydrogens is 401 g/mol. The average molecular weight is 435 g/mol. The SMILES string of the molecule is CCCSC[NH+]1CCN(C(C=Nc2cccc(F)c2)=C(C=O)OC2CCCC2)CC1. The van der Waals surface area contributed by atoms with Gasteiger partial charge in [-0.25, -0.2) is 4.39 Å². The van der Waals surface area contributed by atoms with Gasteiger partial charge >= 0.3 is 0 Å². The van der Waals surface area contributed by atoms with Gasteiger partial charge in [0.1, 0.15) is 17.4 Å². The van der Waals surface area contributed by atoms with Gasteiger partial charge in [-0.1, -0.05) is 13.0 Å². The zero-order valence-electron chi connectivity index (χ0n) is 17.8. The van der Waals surface area contributed by atoms with Crippen molar-refractivity contribution in [1.82, 2.24) is 4.90 Å². The van der Waals surface area contributed by atoms with Crippen molar-refractivity contribution in [3.63, 3.8) is 0 Å². The number of hydrogen-bond donors (Lipinski definition) is 1. The highest BCUT2D eigenvalue weighted by molar-refractivity contribution is 7.99. The highest BCUT2D eigenvalue weighted by Gasteiger charge is 2.25. The summed E-state index contributed by atoms with van der Waals surface area (Å²) in [7, 11) is 0. The van der Waals surface area contributed by atoms with Gasteiger partial charge in [0.25, 0.3) is 0 Å². The molecule has 30 heavy (non-hydrogen) atoms. The van der Waals surface area contributed by atoms with Crippen molar-refractivity contribution in [3.05, 3.63) is 41.5 Å². The number of rotatable bonds is 10. The lowest BCUT2D eigenvalue weighted by Crippen LogP contribution is -3.14. The summed E-state index contributed by atoms with van der Waals surface area (Å²) < 4.78 is 19.6. The smallest absolute Gasteiger partial charge is 0.186 e. The van der Waals surface area contributed by atoms with E-state index in [2.05, 4.69) is 16.8 Å². The number of hydrogen-bond acceptors (Lipinski definition) is 5. The predicted octanol–water partition coefficient (Wildman–Crippen LogP) is 3.20. The Balaban J connectivity index is 1.75. The summed E-state index contributed by atoms with van der Waals surface area (Å²) in [6.45, 7) is 5.93. The van der Waals surface area contributed by atoms with Crippen molar-refractivity contribution in [1.29, 1.82) is 0 Å². The van der Waals surface area contributed by atoms with Gasteiger partial charge in [-0.05, 0) is 56.1 Å². The Hall–Kier alpha value is -1.86. The number of carbonyl (C=O) groups is 1. The minimum Gasteiger partial charge on any atom is -0.485 e. The number of nitrogens with one attached hydrogen (secondary N) is 1. The lowest BCUT2D eigenvalue weighted by molar-refractivity contribution is -0.891. The number of aliphatic imine (C=N–C) groups is 1. The predicted molar refractivity (Wildman–Crippen MR) is 121 cm³/mol. The molecule has 2 fully saturated rings. The molecule has 7 heteroatoms. The van der Waals surface area contributed by atoms with Crippen LogP contribution in [0.25, 0.3) is 0 Å². The second-order valence-electron chi connectivity index (χ2n) is 7.92. The molecule has 0 amide bonds. The molecule has 2 aliphatic rings. The minimum atomic E-state index is -0.324. The molecule has 1 N–H and O–H groups in total. The molecule has 1 saturated heterocycles. The van der Waals surface area contributed by atoms with Crippen LogP contribution in [-0.2, 0) is 9.53 Å². The van der Waals surface area contributed by atoms with E-state index in [0.29, 0.717) is 17.1 Å². The van der Waals surface area contributed by atoms with Crippen molar-refractivity contribution in [2.75, 3.05) is 37.8 Å². The monoisotopic (exact) mass is 434 g/mol. The Morgan fingerprint density at radius 2 is 2.10 bits per heavy atom. The van der Waals surface area contributed by atoms with E-state index in [1.807, 2.05) is 11.8 Å². The van der Waals surface area contributed by atoms with E-state index in [0.717, 1.165) is 64.0 Å². The van der Waals surface area contributed by atoms with Crippen LogP contribution in [0.15, 0.2) is 40.7 Å². The molecule has 1 saturated carbocycles. The number of carbonyl (C=O) groups excluding carboxylic acids is 1. The number of halogens is 1. The number of aldehydes is 1. The Morgan fingerprint density at radius 3 is 2.77 bits per heavy atom.